The van der Waals surface area contributed by atoms with E-state index in [1.807, 2.05) is 39.6 Å². The van der Waals surface area contributed by atoms with Gasteiger partial charge < -0.3 is 9.80 Å². The van der Waals surface area contributed by atoms with E-state index in [2.05, 4.69) is 59.5 Å². The van der Waals surface area contributed by atoms with Gasteiger partial charge in [0.25, 0.3) is 0 Å². The molecule has 2 aromatic carbocycles. The maximum atomic E-state index is 11.9. The first-order valence-electron chi connectivity index (χ1n) is 12.4. The van der Waals surface area contributed by atoms with E-state index in [4.69, 9.17) is 10.1 Å². The molecule has 7 rings (SSSR count). The van der Waals surface area contributed by atoms with Gasteiger partial charge in [0.2, 0.25) is 5.91 Å². The number of pyridine rings is 1. The molecule has 5 heterocycles. The standard InChI is InChI=1S/C28H27N7O/c1-17-6-4-8-23-27(22-7-5-9-25-24(22)16-32(3)30-25)31-35(28(17)23)19-10-11-26(29-13-19)34-15-20-12-21(34)14-33(20)18(2)36/h4-11,13,16,20-21H,12,14-15H2,1-3H3. The Kier molecular flexibility index (Phi) is 4.49. The van der Waals surface area contributed by atoms with E-state index in [0.29, 0.717) is 12.1 Å². The van der Waals surface area contributed by atoms with E-state index >= 15 is 0 Å². The number of fused-ring (bicyclic) bond motifs is 4. The van der Waals surface area contributed by atoms with Crippen molar-refractivity contribution in [1.29, 1.82) is 0 Å². The second-order valence-electron chi connectivity index (χ2n) is 10.0. The molecule has 0 spiro atoms. The average Bonchev–Trinajstić information content (AvgIpc) is 3.65. The number of piperazine rings is 1. The fraction of sp³-hybridized carbons (Fsp3) is 0.286. The monoisotopic (exact) mass is 477 g/mol. The summed E-state index contributed by atoms with van der Waals surface area (Å²) in [6.45, 7) is 5.42. The first-order chi connectivity index (χ1) is 17.5. The molecule has 1 amide bonds. The Labute approximate surface area is 208 Å². The number of rotatable bonds is 3. The summed E-state index contributed by atoms with van der Waals surface area (Å²) in [6, 6.07) is 17.4. The third-order valence-corrected chi connectivity index (χ3v) is 7.74. The van der Waals surface area contributed by atoms with Crippen molar-refractivity contribution in [3.05, 3.63) is 66.5 Å². The molecule has 2 unspecified atom stereocenters. The second kappa shape index (κ2) is 7.65. The van der Waals surface area contributed by atoms with Crippen molar-refractivity contribution in [3.63, 3.8) is 0 Å². The highest BCUT2D eigenvalue weighted by Gasteiger charge is 2.44. The maximum Gasteiger partial charge on any atom is 0.219 e. The van der Waals surface area contributed by atoms with Crippen molar-refractivity contribution in [2.75, 3.05) is 18.0 Å². The molecule has 2 bridgehead atoms. The number of aromatic nitrogens is 5. The summed E-state index contributed by atoms with van der Waals surface area (Å²) in [5.41, 5.74) is 6.15. The Balaban J connectivity index is 1.30. The van der Waals surface area contributed by atoms with Crippen LogP contribution in [0.2, 0.25) is 0 Å². The van der Waals surface area contributed by atoms with Crippen LogP contribution in [-0.2, 0) is 11.8 Å². The highest BCUT2D eigenvalue weighted by Crippen LogP contribution is 2.36. The third kappa shape index (κ3) is 3.07. The lowest BCUT2D eigenvalue weighted by atomic mass is 10.0. The normalized spacial score (nSPS) is 19.2. The van der Waals surface area contributed by atoms with Crippen LogP contribution in [0.5, 0.6) is 0 Å². The molecular formula is C28H27N7O. The molecule has 2 fully saturated rings. The molecule has 180 valence electrons. The fourth-order valence-electron chi connectivity index (χ4n) is 6.10. The van der Waals surface area contributed by atoms with Gasteiger partial charge in [-0.15, -0.1) is 0 Å². The quantitative estimate of drug-likeness (QED) is 0.391. The number of benzene rings is 2. The minimum atomic E-state index is 0.171. The highest BCUT2D eigenvalue weighted by molar-refractivity contribution is 6.03. The Bertz CT molecular complexity index is 1650. The largest absolute Gasteiger partial charge is 0.350 e. The third-order valence-electron chi connectivity index (χ3n) is 7.74. The number of aryl methyl sites for hydroxylation is 2. The summed E-state index contributed by atoms with van der Waals surface area (Å²) in [4.78, 5) is 21.1. The van der Waals surface area contributed by atoms with E-state index < -0.39 is 0 Å². The SMILES string of the molecule is CC(=O)N1CC2CC1CN2c1ccc(-n2nc(-c3cccc4nn(C)cc34)c3cccc(C)c32)cn1. The topological polar surface area (TPSA) is 72.1 Å². The van der Waals surface area contributed by atoms with E-state index in [9.17, 15) is 4.79 Å². The van der Waals surface area contributed by atoms with Crippen molar-refractivity contribution >= 4 is 33.5 Å². The van der Waals surface area contributed by atoms with E-state index in [0.717, 1.165) is 69.6 Å². The predicted molar refractivity (Wildman–Crippen MR) is 140 cm³/mol. The fourth-order valence-corrected chi connectivity index (χ4v) is 6.10. The van der Waals surface area contributed by atoms with Crippen molar-refractivity contribution < 1.29 is 4.79 Å². The molecule has 2 aliphatic rings. The summed E-state index contributed by atoms with van der Waals surface area (Å²) >= 11 is 0. The molecule has 5 aromatic rings. The van der Waals surface area contributed by atoms with Gasteiger partial charge in [-0.1, -0.05) is 30.3 Å². The van der Waals surface area contributed by atoms with Gasteiger partial charge in [-0.05, 0) is 37.1 Å². The van der Waals surface area contributed by atoms with Crippen molar-refractivity contribution in [3.8, 4) is 16.9 Å². The van der Waals surface area contributed by atoms with E-state index in [1.54, 1.807) is 6.92 Å². The Morgan fingerprint density at radius 2 is 1.83 bits per heavy atom. The van der Waals surface area contributed by atoms with Crippen molar-refractivity contribution in [2.24, 2.45) is 7.05 Å². The zero-order valence-electron chi connectivity index (χ0n) is 20.6. The maximum absolute atomic E-state index is 11.9. The lowest BCUT2D eigenvalue weighted by Gasteiger charge is -2.34. The number of nitrogens with zero attached hydrogens (tertiary/aromatic N) is 7. The summed E-state index contributed by atoms with van der Waals surface area (Å²) in [6.07, 6.45) is 4.99. The highest BCUT2D eigenvalue weighted by atomic mass is 16.2. The van der Waals surface area contributed by atoms with E-state index in [-0.39, 0.29) is 5.91 Å². The van der Waals surface area contributed by atoms with Crippen LogP contribution >= 0.6 is 0 Å². The van der Waals surface area contributed by atoms with Gasteiger partial charge in [-0.2, -0.15) is 10.2 Å². The van der Waals surface area contributed by atoms with Gasteiger partial charge in [-0.3, -0.25) is 9.48 Å². The van der Waals surface area contributed by atoms with Gasteiger partial charge in [0.1, 0.15) is 11.5 Å². The zero-order chi connectivity index (χ0) is 24.6. The molecule has 0 radical (unpaired) electrons. The molecule has 2 aliphatic heterocycles. The van der Waals surface area contributed by atoms with Crippen molar-refractivity contribution in [2.45, 2.75) is 32.4 Å². The number of anilines is 1. The van der Waals surface area contributed by atoms with Crippen LogP contribution in [0, 0.1) is 6.92 Å². The number of hydrogen-bond acceptors (Lipinski definition) is 5. The zero-order valence-corrected chi connectivity index (χ0v) is 20.6. The molecule has 8 nitrogen and oxygen atoms in total. The Morgan fingerprint density at radius 1 is 0.972 bits per heavy atom. The average molecular weight is 478 g/mol. The predicted octanol–water partition coefficient (Wildman–Crippen LogP) is 4.09. The Hall–Kier alpha value is -4.20. The number of likely N-dealkylation sites (tertiary alicyclic amines) is 1. The lowest BCUT2D eigenvalue weighted by molar-refractivity contribution is -0.129. The van der Waals surface area contributed by atoms with Crippen LogP contribution in [0.4, 0.5) is 5.82 Å². The van der Waals surface area contributed by atoms with Crippen LogP contribution < -0.4 is 4.90 Å². The number of amides is 1. The minimum Gasteiger partial charge on any atom is -0.350 e. The number of carbonyl (C=O) groups excluding carboxylic acids is 1. The van der Waals surface area contributed by atoms with E-state index in [1.165, 1.54) is 0 Å². The van der Waals surface area contributed by atoms with Crippen LogP contribution in [0.1, 0.15) is 18.9 Å². The summed E-state index contributed by atoms with van der Waals surface area (Å²) in [5.74, 6) is 1.13. The van der Waals surface area contributed by atoms with Gasteiger partial charge in [0.15, 0.2) is 0 Å². The van der Waals surface area contributed by atoms with Crippen LogP contribution in [0.3, 0.4) is 0 Å². The first kappa shape index (κ1) is 21.1. The van der Waals surface area contributed by atoms with Crippen LogP contribution in [0.15, 0.2) is 60.9 Å². The van der Waals surface area contributed by atoms with Gasteiger partial charge in [0.05, 0.1) is 35.0 Å². The molecule has 0 aliphatic carbocycles. The molecular weight excluding hydrogens is 450 g/mol. The molecule has 2 saturated heterocycles. The van der Waals surface area contributed by atoms with Gasteiger partial charge >= 0.3 is 0 Å². The lowest BCUT2D eigenvalue weighted by Crippen LogP contribution is -2.48. The molecule has 2 atom stereocenters. The van der Waals surface area contributed by atoms with Gasteiger partial charge in [-0.25, -0.2) is 9.67 Å². The number of hydrogen-bond donors (Lipinski definition) is 0. The Morgan fingerprint density at radius 3 is 2.58 bits per heavy atom. The minimum absolute atomic E-state index is 0.171. The number of para-hydroxylation sites is 1. The first-order valence-corrected chi connectivity index (χ1v) is 12.4. The molecule has 3 aromatic heterocycles. The van der Waals surface area contributed by atoms with Crippen LogP contribution in [0.25, 0.3) is 38.8 Å². The number of carbonyl (C=O) groups is 1. The van der Waals surface area contributed by atoms with Crippen LogP contribution in [-0.4, -0.2) is 60.5 Å². The molecule has 8 heteroatoms. The smallest absolute Gasteiger partial charge is 0.219 e. The van der Waals surface area contributed by atoms with Crippen molar-refractivity contribution in [1.82, 2.24) is 29.4 Å². The summed E-state index contributed by atoms with van der Waals surface area (Å²) in [5, 5.41) is 11.9. The van der Waals surface area contributed by atoms with Gasteiger partial charge in [0, 0.05) is 49.6 Å². The summed E-state index contributed by atoms with van der Waals surface area (Å²) in [7, 11) is 1.95. The second-order valence-corrected chi connectivity index (χ2v) is 10.0. The molecule has 0 saturated carbocycles. The molecule has 36 heavy (non-hydrogen) atoms. The summed E-state index contributed by atoms with van der Waals surface area (Å²) < 4.78 is 3.86. The molecule has 0 N–H and O–H groups in total.